The predicted octanol–water partition coefficient (Wildman–Crippen LogP) is 1.11. The number of benzene rings is 1. The molecule has 0 unspecified atom stereocenters. The summed E-state index contributed by atoms with van der Waals surface area (Å²) in [5.74, 6) is 0.194. The molecular formula is C12H14N4O4. The largest absolute Gasteiger partial charge is 0.490 e. The molecule has 2 rings (SSSR count). The van der Waals surface area contributed by atoms with Crippen LogP contribution in [0.4, 0.5) is 5.69 Å². The van der Waals surface area contributed by atoms with E-state index in [0.29, 0.717) is 18.5 Å². The fourth-order valence-electron chi connectivity index (χ4n) is 1.76. The van der Waals surface area contributed by atoms with Crippen molar-refractivity contribution in [1.82, 2.24) is 15.0 Å². The van der Waals surface area contributed by atoms with Gasteiger partial charge in [-0.25, -0.2) is 4.68 Å². The Bertz CT molecular complexity index is 611. The number of methoxy groups -OCH3 is 1. The number of ether oxygens (including phenoxy) is 1. The van der Waals surface area contributed by atoms with E-state index >= 15 is 0 Å². The second-order valence-electron chi connectivity index (χ2n) is 4.09. The lowest BCUT2D eigenvalue weighted by Gasteiger charge is -2.04. The second kappa shape index (κ2) is 6.11. The number of rotatable bonds is 6. The first-order valence-corrected chi connectivity index (χ1v) is 6.00. The third-order valence-electron chi connectivity index (χ3n) is 2.76. The Balaban J connectivity index is 2.30. The Morgan fingerprint density at radius 2 is 2.30 bits per heavy atom. The molecule has 0 fully saturated rings. The minimum absolute atomic E-state index is 0.0842. The average Bonchev–Trinajstić information content (AvgIpc) is 2.93. The summed E-state index contributed by atoms with van der Waals surface area (Å²) in [5, 5.41) is 27.6. The first-order valence-electron chi connectivity index (χ1n) is 6.00. The Hall–Kier alpha value is -2.48. The van der Waals surface area contributed by atoms with Gasteiger partial charge in [0.25, 0.3) is 0 Å². The molecule has 0 saturated carbocycles. The van der Waals surface area contributed by atoms with Crippen LogP contribution in [0.15, 0.2) is 24.4 Å². The van der Waals surface area contributed by atoms with Gasteiger partial charge in [0, 0.05) is 12.7 Å². The minimum Gasteiger partial charge on any atom is -0.490 e. The van der Waals surface area contributed by atoms with Crippen LogP contribution in [0.2, 0.25) is 0 Å². The number of aliphatic hydroxyl groups excluding tert-OH is 1. The number of hydrogen-bond donors (Lipinski definition) is 1. The molecule has 1 N–H and O–H groups in total. The summed E-state index contributed by atoms with van der Waals surface area (Å²) < 4.78 is 6.40. The smallest absolute Gasteiger partial charge is 0.313 e. The zero-order valence-electron chi connectivity index (χ0n) is 10.9. The second-order valence-corrected chi connectivity index (χ2v) is 4.09. The maximum atomic E-state index is 11.0. The summed E-state index contributed by atoms with van der Waals surface area (Å²) in [7, 11) is 1.38. The molecule has 0 aliphatic rings. The van der Waals surface area contributed by atoms with Gasteiger partial charge >= 0.3 is 5.69 Å². The van der Waals surface area contributed by atoms with E-state index in [-0.39, 0.29) is 18.0 Å². The fourth-order valence-corrected chi connectivity index (χ4v) is 1.76. The van der Waals surface area contributed by atoms with Crippen LogP contribution in [0.25, 0.3) is 5.69 Å². The van der Waals surface area contributed by atoms with Gasteiger partial charge in [0.15, 0.2) is 5.75 Å². The van der Waals surface area contributed by atoms with E-state index in [0.717, 1.165) is 5.69 Å². The van der Waals surface area contributed by atoms with Crippen molar-refractivity contribution < 1.29 is 14.8 Å². The van der Waals surface area contributed by atoms with E-state index in [4.69, 9.17) is 9.84 Å². The molecule has 1 aromatic carbocycles. The van der Waals surface area contributed by atoms with Gasteiger partial charge in [-0.05, 0) is 25.0 Å². The van der Waals surface area contributed by atoms with Crippen molar-refractivity contribution in [3.63, 3.8) is 0 Å². The van der Waals surface area contributed by atoms with Gasteiger partial charge in [0.05, 0.1) is 29.6 Å². The molecule has 0 radical (unpaired) electrons. The molecule has 2 aromatic rings. The van der Waals surface area contributed by atoms with Gasteiger partial charge in [-0.1, -0.05) is 5.21 Å². The summed E-state index contributed by atoms with van der Waals surface area (Å²) in [6.45, 7) is 0.0842. The molecule has 0 aliphatic carbocycles. The molecule has 0 saturated heterocycles. The van der Waals surface area contributed by atoms with Gasteiger partial charge < -0.3 is 9.84 Å². The Labute approximate surface area is 114 Å². The van der Waals surface area contributed by atoms with Crippen molar-refractivity contribution in [3.8, 4) is 11.4 Å². The molecule has 0 spiro atoms. The van der Waals surface area contributed by atoms with Crippen molar-refractivity contribution >= 4 is 5.69 Å². The predicted molar refractivity (Wildman–Crippen MR) is 70.0 cm³/mol. The third-order valence-corrected chi connectivity index (χ3v) is 2.76. The average molecular weight is 278 g/mol. The van der Waals surface area contributed by atoms with E-state index < -0.39 is 4.92 Å². The van der Waals surface area contributed by atoms with Gasteiger partial charge in [0.1, 0.15) is 0 Å². The SMILES string of the molecule is COc1ccc(-n2cc(CCCO)nn2)cc1[N+](=O)[O-]. The highest BCUT2D eigenvalue weighted by atomic mass is 16.6. The van der Waals surface area contributed by atoms with Crippen molar-refractivity contribution in [2.24, 2.45) is 0 Å². The summed E-state index contributed by atoms with van der Waals surface area (Å²) in [6, 6.07) is 4.56. The quantitative estimate of drug-likeness (QED) is 0.627. The Morgan fingerprint density at radius 3 is 2.95 bits per heavy atom. The van der Waals surface area contributed by atoms with Crippen LogP contribution in [0.5, 0.6) is 5.75 Å². The fraction of sp³-hybridized carbons (Fsp3) is 0.333. The molecule has 8 heteroatoms. The number of nitro benzene ring substituents is 1. The van der Waals surface area contributed by atoms with E-state index in [2.05, 4.69) is 10.3 Å². The lowest BCUT2D eigenvalue weighted by Crippen LogP contribution is -1.99. The third kappa shape index (κ3) is 2.91. The standard InChI is InChI=1S/C12H14N4O4/c1-20-12-5-4-10(7-11(12)16(18)19)15-8-9(13-14-15)3-2-6-17/h4-5,7-8,17H,2-3,6H2,1H3. The van der Waals surface area contributed by atoms with Crippen molar-refractivity contribution in [3.05, 3.63) is 40.2 Å². The molecule has 8 nitrogen and oxygen atoms in total. The highest BCUT2D eigenvalue weighted by molar-refractivity contribution is 5.53. The zero-order chi connectivity index (χ0) is 14.5. The molecule has 0 amide bonds. The lowest BCUT2D eigenvalue weighted by molar-refractivity contribution is -0.385. The molecule has 1 aromatic heterocycles. The summed E-state index contributed by atoms with van der Waals surface area (Å²) in [4.78, 5) is 10.5. The number of aromatic nitrogens is 3. The number of aliphatic hydroxyl groups is 1. The molecule has 0 bridgehead atoms. The lowest BCUT2D eigenvalue weighted by atomic mass is 10.2. The molecular weight excluding hydrogens is 264 g/mol. The first kappa shape index (κ1) is 13.9. The van der Waals surface area contributed by atoms with Crippen LogP contribution in [0.3, 0.4) is 0 Å². The zero-order valence-corrected chi connectivity index (χ0v) is 10.9. The molecule has 0 aliphatic heterocycles. The van der Waals surface area contributed by atoms with Crippen LogP contribution < -0.4 is 4.74 Å². The Morgan fingerprint density at radius 1 is 1.50 bits per heavy atom. The van der Waals surface area contributed by atoms with E-state index in [1.54, 1.807) is 12.3 Å². The van der Waals surface area contributed by atoms with Crippen LogP contribution in [-0.4, -0.2) is 38.7 Å². The van der Waals surface area contributed by atoms with Crippen LogP contribution in [0, 0.1) is 10.1 Å². The number of nitrogens with zero attached hydrogens (tertiary/aromatic N) is 4. The van der Waals surface area contributed by atoms with Gasteiger partial charge in [0.2, 0.25) is 0 Å². The number of aryl methyl sites for hydroxylation is 1. The number of nitro groups is 1. The molecule has 0 atom stereocenters. The topological polar surface area (TPSA) is 103 Å². The van der Waals surface area contributed by atoms with Gasteiger partial charge in [-0.3, -0.25) is 10.1 Å². The highest BCUT2D eigenvalue weighted by Crippen LogP contribution is 2.28. The Kier molecular flexibility index (Phi) is 4.26. The van der Waals surface area contributed by atoms with Crippen LogP contribution in [0.1, 0.15) is 12.1 Å². The summed E-state index contributed by atoms with van der Waals surface area (Å²) in [5.41, 5.74) is 1.12. The molecule has 20 heavy (non-hydrogen) atoms. The van der Waals surface area contributed by atoms with Gasteiger partial charge in [-0.15, -0.1) is 5.10 Å². The summed E-state index contributed by atoms with van der Waals surface area (Å²) >= 11 is 0. The highest BCUT2D eigenvalue weighted by Gasteiger charge is 2.16. The first-order chi connectivity index (χ1) is 9.65. The van der Waals surface area contributed by atoms with Gasteiger partial charge in [-0.2, -0.15) is 0 Å². The minimum atomic E-state index is -0.508. The van der Waals surface area contributed by atoms with Crippen LogP contribution >= 0.6 is 0 Å². The number of hydrogen-bond acceptors (Lipinski definition) is 6. The van der Waals surface area contributed by atoms with E-state index in [9.17, 15) is 10.1 Å². The van der Waals surface area contributed by atoms with E-state index in [1.807, 2.05) is 0 Å². The molecule has 1 heterocycles. The van der Waals surface area contributed by atoms with E-state index in [1.165, 1.54) is 23.9 Å². The van der Waals surface area contributed by atoms with Crippen molar-refractivity contribution in [1.29, 1.82) is 0 Å². The monoisotopic (exact) mass is 278 g/mol. The van der Waals surface area contributed by atoms with Crippen molar-refractivity contribution in [2.75, 3.05) is 13.7 Å². The maximum absolute atomic E-state index is 11.0. The van der Waals surface area contributed by atoms with Crippen molar-refractivity contribution in [2.45, 2.75) is 12.8 Å². The normalized spacial score (nSPS) is 10.5. The van der Waals surface area contributed by atoms with Crippen LogP contribution in [-0.2, 0) is 6.42 Å². The maximum Gasteiger partial charge on any atom is 0.313 e. The summed E-state index contributed by atoms with van der Waals surface area (Å²) in [6.07, 6.45) is 2.89. The molecule has 106 valence electrons.